The number of nitrogens with one attached hydrogen (secondary N) is 4. The SMILES string of the molecule is CCN[Si](NCC)(NCC(C)C)NCC(C)C. The molecule has 0 aromatic heterocycles. The van der Waals surface area contributed by atoms with E-state index in [0.29, 0.717) is 11.8 Å². The summed E-state index contributed by atoms with van der Waals surface area (Å²) in [5.41, 5.74) is 0. The third-order valence-corrected chi connectivity index (χ3v) is 5.67. The van der Waals surface area contributed by atoms with E-state index >= 15 is 0 Å². The fourth-order valence-corrected chi connectivity index (χ4v) is 4.86. The van der Waals surface area contributed by atoms with Gasteiger partial charge in [0.15, 0.2) is 0 Å². The van der Waals surface area contributed by atoms with E-state index in [2.05, 4.69) is 61.5 Å². The van der Waals surface area contributed by atoms with Crippen molar-refractivity contribution in [1.82, 2.24) is 19.9 Å². The lowest BCUT2D eigenvalue weighted by Gasteiger charge is -2.34. The number of rotatable bonds is 10. The largest absolute Gasteiger partial charge is 0.365 e. The first-order valence-corrected chi connectivity index (χ1v) is 8.95. The van der Waals surface area contributed by atoms with Gasteiger partial charge >= 0.3 is 8.72 Å². The van der Waals surface area contributed by atoms with Crippen molar-refractivity contribution >= 4 is 8.72 Å². The minimum atomic E-state index is -1.92. The molecule has 0 aromatic rings. The van der Waals surface area contributed by atoms with Gasteiger partial charge in [0.05, 0.1) is 0 Å². The Kier molecular flexibility index (Phi) is 9.08. The van der Waals surface area contributed by atoms with Crippen molar-refractivity contribution in [2.75, 3.05) is 26.2 Å². The van der Waals surface area contributed by atoms with Gasteiger partial charge in [-0.15, -0.1) is 0 Å². The molecular formula is C12H32N4Si. The van der Waals surface area contributed by atoms with Crippen LogP contribution in [0.4, 0.5) is 0 Å². The zero-order valence-electron chi connectivity index (χ0n) is 12.5. The summed E-state index contributed by atoms with van der Waals surface area (Å²) in [6.45, 7) is 17.3. The van der Waals surface area contributed by atoms with Crippen LogP contribution in [-0.2, 0) is 0 Å². The minimum absolute atomic E-state index is 0.667. The highest BCUT2D eigenvalue weighted by atomic mass is 28.4. The molecule has 0 radical (unpaired) electrons. The number of hydrogen-bond donors (Lipinski definition) is 4. The Labute approximate surface area is 109 Å². The van der Waals surface area contributed by atoms with Gasteiger partial charge < -0.3 is 19.9 Å². The molecule has 0 atom stereocenters. The van der Waals surface area contributed by atoms with E-state index in [1.165, 1.54) is 0 Å². The smallest absolute Gasteiger partial charge is 0.301 e. The summed E-state index contributed by atoms with van der Waals surface area (Å²) >= 11 is 0. The van der Waals surface area contributed by atoms with Crippen LogP contribution in [0.5, 0.6) is 0 Å². The molecule has 0 heterocycles. The average molecular weight is 261 g/mol. The lowest BCUT2D eigenvalue weighted by atomic mass is 10.2. The summed E-state index contributed by atoms with van der Waals surface area (Å²) in [6, 6.07) is 0. The van der Waals surface area contributed by atoms with Gasteiger partial charge in [-0.25, -0.2) is 0 Å². The monoisotopic (exact) mass is 260 g/mol. The first-order chi connectivity index (χ1) is 7.95. The van der Waals surface area contributed by atoms with Crippen molar-refractivity contribution in [3.05, 3.63) is 0 Å². The molecule has 0 aromatic carbocycles. The highest BCUT2D eigenvalue weighted by Crippen LogP contribution is 1.94. The second-order valence-corrected chi connectivity index (χ2v) is 8.27. The third kappa shape index (κ3) is 7.89. The van der Waals surface area contributed by atoms with Crippen LogP contribution in [0.1, 0.15) is 41.5 Å². The highest BCUT2D eigenvalue weighted by molar-refractivity contribution is 6.70. The Balaban J connectivity index is 4.47. The van der Waals surface area contributed by atoms with Gasteiger partial charge in [-0.2, -0.15) is 0 Å². The van der Waals surface area contributed by atoms with Crippen molar-refractivity contribution in [3.63, 3.8) is 0 Å². The molecule has 0 aliphatic rings. The van der Waals surface area contributed by atoms with E-state index in [9.17, 15) is 0 Å². The predicted molar refractivity (Wildman–Crippen MR) is 78.8 cm³/mol. The molecule has 0 unspecified atom stereocenters. The van der Waals surface area contributed by atoms with E-state index in [1.54, 1.807) is 0 Å². The Morgan fingerprint density at radius 3 is 1.29 bits per heavy atom. The van der Waals surface area contributed by atoms with Crippen molar-refractivity contribution in [1.29, 1.82) is 0 Å². The van der Waals surface area contributed by atoms with Crippen LogP contribution in [0.3, 0.4) is 0 Å². The molecule has 17 heavy (non-hydrogen) atoms. The van der Waals surface area contributed by atoms with Gasteiger partial charge in [0.2, 0.25) is 0 Å². The van der Waals surface area contributed by atoms with Gasteiger partial charge in [-0.3, -0.25) is 0 Å². The average Bonchev–Trinajstić information content (AvgIpc) is 2.24. The standard InChI is InChI=1S/C12H32N4Si/c1-7-13-17(14-8-2,15-9-11(3)4)16-10-12(5)6/h11-16H,7-10H2,1-6H3. The zero-order chi connectivity index (χ0) is 13.3. The summed E-state index contributed by atoms with van der Waals surface area (Å²) in [5, 5.41) is 0. The van der Waals surface area contributed by atoms with Crippen LogP contribution in [0.25, 0.3) is 0 Å². The van der Waals surface area contributed by atoms with Gasteiger partial charge in [0.1, 0.15) is 0 Å². The Hall–Kier alpha value is 0.0569. The van der Waals surface area contributed by atoms with Crippen molar-refractivity contribution < 1.29 is 0 Å². The normalized spacial score (nSPS) is 12.7. The van der Waals surface area contributed by atoms with Gasteiger partial charge in [-0.1, -0.05) is 41.5 Å². The van der Waals surface area contributed by atoms with Crippen LogP contribution < -0.4 is 19.9 Å². The summed E-state index contributed by atoms with van der Waals surface area (Å²) in [4.78, 5) is 14.6. The molecule has 0 saturated heterocycles. The lowest BCUT2D eigenvalue weighted by Crippen LogP contribution is -2.81. The maximum atomic E-state index is 3.70. The maximum absolute atomic E-state index is 3.70. The molecule has 5 heteroatoms. The molecule has 104 valence electrons. The maximum Gasteiger partial charge on any atom is 0.365 e. The van der Waals surface area contributed by atoms with Crippen molar-refractivity contribution in [2.45, 2.75) is 41.5 Å². The van der Waals surface area contributed by atoms with Crippen LogP contribution >= 0.6 is 0 Å². The molecule has 0 aliphatic carbocycles. The molecule has 0 amide bonds. The van der Waals surface area contributed by atoms with Crippen molar-refractivity contribution in [2.24, 2.45) is 11.8 Å². The van der Waals surface area contributed by atoms with Crippen LogP contribution in [0.15, 0.2) is 0 Å². The first kappa shape index (κ1) is 17.1. The second-order valence-electron chi connectivity index (χ2n) is 5.36. The summed E-state index contributed by atoms with van der Waals surface area (Å²) in [7, 11) is -1.92. The molecular weight excluding hydrogens is 228 g/mol. The van der Waals surface area contributed by atoms with Crippen LogP contribution in [0, 0.1) is 11.8 Å². The summed E-state index contributed by atoms with van der Waals surface area (Å²) in [5.74, 6) is 1.33. The first-order valence-electron chi connectivity index (χ1n) is 6.95. The molecule has 0 saturated carbocycles. The third-order valence-electron chi connectivity index (χ3n) is 2.43. The molecule has 4 N–H and O–H groups in total. The van der Waals surface area contributed by atoms with E-state index in [0.717, 1.165) is 26.2 Å². The lowest BCUT2D eigenvalue weighted by molar-refractivity contribution is 0.561. The topological polar surface area (TPSA) is 48.1 Å². The zero-order valence-corrected chi connectivity index (χ0v) is 13.5. The van der Waals surface area contributed by atoms with E-state index in [4.69, 9.17) is 0 Å². The van der Waals surface area contributed by atoms with E-state index in [-0.39, 0.29) is 0 Å². The quantitative estimate of drug-likeness (QED) is 0.445. The Morgan fingerprint density at radius 2 is 1.06 bits per heavy atom. The van der Waals surface area contributed by atoms with Gasteiger partial charge in [0.25, 0.3) is 0 Å². The van der Waals surface area contributed by atoms with Crippen LogP contribution in [0.2, 0.25) is 0 Å². The van der Waals surface area contributed by atoms with Gasteiger partial charge in [-0.05, 0) is 38.0 Å². The molecule has 0 rings (SSSR count). The molecule has 0 fully saturated rings. The summed E-state index contributed by atoms with van der Waals surface area (Å²) in [6.07, 6.45) is 0. The van der Waals surface area contributed by atoms with Crippen LogP contribution in [-0.4, -0.2) is 34.9 Å². The minimum Gasteiger partial charge on any atom is -0.301 e. The van der Waals surface area contributed by atoms with E-state index in [1.807, 2.05) is 0 Å². The second kappa shape index (κ2) is 9.05. The van der Waals surface area contributed by atoms with Gasteiger partial charge in [0, 0.05) is 0 Å². The van der Waals surface area contributed by atoms with Crippen molar-refractivity contribution in [3.8, 4) is 0 Å². The molecule has 4 nitrogen and oxygen atoms in total. The fourth-order valence-electron chi connectivity index (χ4n) is 1.62. The fraction of sp³-hybridized carbons (Fsp3) is 1.00. The molecule has 0 spiro atoms. The van der Waals surface area contributed by atoms with E-state index < -0.39 is 8.72 Å². The highest BCUT2D eigenvalue weighted by Gasteiger charge is 2.32. The Morgan fingerprint density at radius 1 is 0.706 bits per heavy atom. The summed E-state index contributed by atoms with van der Waals surface area (Å²) < 4.78 is 0. The Bertz CT molecular complexity index is 165. The number of hydrogen-bond acceptors (Lipinski definition) is 4. The molecule has 0 bridgehead atoms. The molecule has 0 aliphatic heterocycles. The predicted octanol–water partition coefficient (Wildman–Crippen LogP) is 1.13.